The Balaban J connectivity index is 0. The van der Waals surface area contributed by atoms with E-state index < -0.39 is 49.4 Å². The van der Waals surface area contributed by atoms with Gasteiger partial charge >= 0.3 is 30.1 Å². The van der Waals surface area contributed by atoms with Crippen molar-refractivity contribution in [2.45, 2.75) is 77.2 Å². The summed E-state index contributed by atoms with van der Waals surface area (Å²) >= 11 is 0. The number of ketones is 1. The predicted molar refractivity (Wildman–Crippen MR) is 185 cm³/mol. The van der Waals surface area contributed by atoms with E-state index in [0.717, 1.165) is 24.3 Å². The van der Waals surface area contributed by atoms with Crippen LogP contribution in [0.1, 0.15) is 80.8 Å². The van der Waals surface area contributed by atoms with Crippen molar-refractivity contribution in [1.29, 1.82) is 0 Å². The monoisotopic (exact) mass is 802 g/mol. The zero-order valence-corrected chi connectivity index (χ0v) is 30.8. The van der Waals surface area contributed by atoms with Crippen molar-refractivity contribution in [3.63, 3.8) is 0 Å². The van der Waals surface area contributed by atoms with Gasteiger partial charge in [0.2, 0.25) is 0 Å². The first-order valence-corrected chi connectivity index (χ1v) is 18.5. The van der Waals surface area contributed by atoms with E-state index in [0.29, 0.717) is 31.3 Å². The number of Topliss-reactive ketones (excluding diaryl/α,β-unsaturated/α-hetero) is 1. The van der Waals surface area contributed by atoms with Crippen LogP contribution in [0.5, 0.6) is 0 Å². The first-order valence-electron chi connectivity index (χ1n) is 15.0. The van der Waals surface area contributed by atoms with Crippen molar-refractivity contribution < 1.29 is 78.4 Å². The Morgan fingerprint density at radius 3 is 1.07 bits per heavy atom. The van der Waals surface area contributed by atoms with E-state index in [1.54, 1.807) is 24.3 Å². The quantitative estimate of drug-likeness (QED) is 0.0831. The molecule has 18 heteroatoms. The van der Waals surface area contributed by atoms with Gasteiger partial charge in [-0.15, -0.1) is 0 Å². The van der Waals surface area contributed by atoms with Gasteiger partial charge in [-0.05, 0) is 56.2 Å². The second kappa shape index (κ2) is 20.2. The maximum Gasteiger partial charge on any atom is 0.421 e. The van der Waals surface area contributed by atoms with Gasteiger partial charge in [0.1, 0.15) is 6.29 Å². The van der Waals surface area contributed by atoms with E-state index in [1.165, 1.54) is 65.0 Å². The highest BCUT2D eigenvalue weighted by molar-refractivity contribution is 6.77. The molecular weight excluding hydrogens is 759 g/mol. The number of rotatable bonds is 6. The summed E-state index contributed by atoms with van der Waals surface area (Å²) in [6.45, 7) is 6.66. The van der Waals surface area contributed by atoms with Crippen LogP contribution in [0.3, 0.4) is 0 Å². The highest BCUT2D eigenvalue weighted by atomic mass is 28.3. The van der Waals surface area contributed by atoms with Crippen LogP contribution in [0.4, 0.5) is 39.5 Å². The zero-order valence-electron chi connectivity index (χ0n) is 29.8. The number of methoxy groups -OCH3 is 2. The van der Waals surface area contributed by atoms with Crippen LogP contribution in [-0.2, 0) is 20.7 Å². The number of hydrogen-bond acceptors (Lipinski definition) is 8. The molecule has 0 amide bonds. The maximum atomic E-state index is 12.5. The molecule has 0 fully saturated rings. The largest absolute Gasteiger partial charge is 0.465 e. The molecule has 0 aliphatic heterocycles. The second-order valence-corrected chi connectivity index (χ2v) is 17.4. The van der Waals surface area contributed by atoms with Gasteiger partial charge in [0.15, 0.2) is 25.1 Å². The summed E-state index contributed by atoms with van der Waals surface area (Å²) in [5.41, 5.74) is -5.04. The molecule has 54 heavy (non-hydrogen) atoms. The number of aliphatic hydroxyl groups is 2. The van der Waals surface area contributed by atoms with Crippen LogP contribution >= 0.6 is 0 Å². The number of ether oxygens (including phenoxy) is 2. The van der Waals surface area contributed by atoms with Crippen LogP contribution in [-0.4, -0.2) is 74.7 Å². The molecule has 0 saturated heterocycles. The molecule has 0 heterocycles. The normalized spacial score (nSPS) is 13.5. The van der Waals surface area contributed by atoms with Crippen molar-refractivity contribution in [3.05, 3.63) is 106 Å². The Bertz CT molecular complexity index is 1630. The van der Waals surface area contributed by atoms with Crippen LogP contribution < -0.4 is 0 Å². The van der Waals surface area contributed by atoms with Gasteiger partial charge in [0.25, 0.3) is 0 Å². The van der Waals surface area contributed by atoms with Gasteiger partial charge in [-0.2, -0.15) is 39.5 Å². The Hall–Kier alpha value is -4.55. The van der Waals surface area contributed by atoms with Gasteiger partial charge in [-0.1, -0.05) is 75.6 Å². The summed E-state index contributed by atoms with van der Waals surface area (Å²) in [5, 5.41) is 18.6. The third-order valence-corrected chi connectivity index (χ3v) is 8.84. The lowest BCUT2D eigenvalue weighted by atomic mass is 9.94. The minimum atomic E-state index is -4.78. The van der Waals surface area contributed by atoms with Crippen molar-refractivity contribution >= 4 is 32.1 Å². The molecule has 2 N–H and O–H groups in total. The van der Waals surface area contributed by atoms with E-state index in [2.05, 4.69) is 9.47 Å². The van der Waals surface area contributed by atoms with Gasteiger partial charge in [-0.3, -0.25) is 9.59 Å². The molecule has 0 aliphatic rings. The average Bonchev–Trinajstić information content (AvgIpc) is 3.06. The average molecular weight is 803 g/mol. The molecule has 2 atom stereocenters. The fraction of sp³-hybridized carbons (Fsp3) is 0.389. The summed E-state index contributed by atoms with van der Waals surface area (Å²) in [4.78, 5) is 43.2. The Kier molecular flexibility index (Phi) is 19.3. The van der Waals surface area contributed by atoms with Gasteiger partial charge in [0.05, 0.1) is 25.3 Å². The van der Waals surface area contributed by atoms with Gasteiger partial charge in [-0.25, -0.2) is 9.59 Å². The summed E-state index contributed by atoms with van der Waals surface area (Å²) in [6, 6.07) is 15.4. The molecule has 0 radical (unpaired) electrons. The molecule has 0 aromatic heterocycles. The first kappa shape index (κ1) is 51.6. The number of carbonyl (C=O) groups is 4. The Morgan fingerprint density at radius 1 is 0.593 bits per heavy atom. The number of benzene rings is 3. The molecule has 302 valence electrons. The SMILES string of the molecule is C.CC(O)(c1ccc(C=O)cc1)C(F)(F)F.COC(=O)c1ccc(C(C)(O)C(F)(F)F)cc1.COC(=O)c1ccc(C(C)=O)cc1.C[Si](C)(C)C(F)(F)F. The molecule has 0 saturated carbocycles. The number of carbonyl (C=O) groups excluding carboxylic acids is 4. The predicted octanol–water partition coefficient (Wildman–Crippen LogP) is 9.25. The van der Waals surface area contributed by atoms with Gasteiger partial charge < -0.3 is 19.7 Å². The topological polar surface area (TPSA) is 127 Å². The summed E-state index contributed by atoms with van der Waals surface area (Å²) < 4.78 is 118. The van der Waals surface area contributed by atoms with Crippen LogP contribution in [0.15, 0.2) is 72.8 Å². The van der Waals surface area contributed by atoms with E-state index >= 15 is 0 Å². The van der Waals surface area contributed by atoms with Crippen molar-refractivity contribution in [1.82, 2.24) is 0 Å². The molecule has 2 unspecified atom stereocenters. The van der Waals surface area contributed by atoms with Crippen LogP contribution in [0.2, 0.25) is 19.6 Å². The molecular formula is C36H43F9O8Si. The molecule has 0 spiro atoms. The van der Waals surface area contributed by atoms with E-state index in [9.17, 15) is 68.9 Å². The van der Waals surface area contributed by atoms with Crippen molar-refractivity contribution in [2.75, 3.05) is 14.2 Å². The number of aldehydes is 1. The summed E-state index contributed by atoms with van der Waals surface area (Å²) in [5.74, 6) is -4.98. The zero-order chi connectivity index (χ0) is 41.8. The number of halogens is 9. The van der Waals surface area contributed by atoms with E-state index in [4.69, 9.17) is 0 Å². The molecule has 8 nitrogen and oxygen atoms in total. The Labute approximate surface area is 307 Å². The molecule has 3 aromatic rings. The smallest absolute Gasteiger partial charge is 0.421 e. The molecule has 0 aliphatic carbocycles. The molecule has 3 rings (SSSR count). The number of hydrogen-bond donors (Lipinski definition) is 2. The third kappa shape index (κ3) is 15.1. The van der Waals surface area contributed by atoms with Gasteiger partial charge in [0, 0.05) is 11.1 Å². The fourth-order valence-corrected chi connectivity index (χ4v) is 3.22. The van der Waals surface area contributed by atoms with Crippen molar-refractivity contribution in [3.8, 4) is 0 Å². The second-order valence-electron chi connectivity index (χ2n) is 12.3. The summed E-state index contributed by atoms with van der Waals surface area (Å²) in [6.07, 6.45) is -9.00. The Morgan fingerprint density at radius 2 is 0.852 bits per heavy atom. The fourth-order valence-electron chi connectivity index (χ4n) is 3.22. The lowest BCUT2D eigenvalue weighted by Crippen LogP contribution is -2.40. The minimum Gasteiger partial charge on any atom is -0.465 e. The molecule has 0 bridgehead atoms. The lowest BCUT2D eigenvalue weighted by molar-refractivity contribution is -0.259. The first-order chi connectivity index (χ1) is 23.9. The van der Waals surface area contributed by atoms with Crippen LogP contribution in [0.25, 0.3) is 0 Å². The van der Waals surface area contributed by atoms with Crippen molar-refractivity contribution in [2.24, 2.45) is 0 Å². The lowest BCUT2D eigenvalue weighted by Gasteiger charge is -2.26. The van der Waals surface area contributed by atoms with E-state index in [-0.39, 0.29) is 35.5 Å². The van der Waals surface area contributed by atoms with Crippen LogP contribution in [0, 0.1) is 0 Å². The summed E-state index contributed by atoms with van der Waals surface area (Å²) in [7, 11) is -0.369. The highest BCUT2D eigenvalue weighted by Gasteiger charge is 2.52. The maximum absolute atomic E-state index is 12.5. The third-order valence-electron chi connectivity index (χ3n) is 7.14. The number of esters is 2. The molecule has 3 aromatic carbocycles. The van der Waals surface area contributed by atoms with E-state index in [1.807, 2.05) is 0 Å². The number of alkyl halides is 9. The standard InChI is InChI=1S/C11H11F3O3.C10H9F3O2.C10H10O3.C4H9F3Si.CH4/c1-10(16,11(12,13)14)8-5-3-7(4-6-8)9(15)17-2;1-9(15,10(11,12)13)8-4-2-7(6-14)3-5-8;1-7(11)8-3-5-9(6-4-8)10(12)13-2;1-8(2,3)4(5,6)7;/h3-6,16H,1-2H3;2-6,15H,1H3;3-6H,1-2H3;1-3H3;1H4. The highest BCUT2D eigenvalue weighted by Crippen LogP contribution is 2.39. The minimum absolute atomic E-state index is 0.